The highest BCUT2D eigenvalue weighted by molar-refractivity contribution is 5.87. The summed E-state index contributed by atoms with van der Waals surface area (Å²) in [6.07, 6.45) is 10.7. The predicted molar refractivity (Wildman–Crippen MR) is 90.4 cm³/mol. The monoisotopic (exact) mass is 346 g/mol. The van der Waals surface area contributed by atoms with Crippen molar-refractivity contribution in [2.45, 2.75) is 69.8 Å². The molecule has 2 saturated carbocycles. The molecule has 0 amide bonds. The van der Waals surface area contributed by atoms with Crippen molar-refractivity contribution in [1.82, 2.24) is 0 Å². The van der Waals surface area contributed by atoms with Gasteiger partial charge in [-0.15, -0.1) is 0 Å². The summed E-state index contributed by atoms with van der Waals surface area (Å²) in [5.41, 5.74) is -0.672. The van der Waals surface area contributed by atoms with Crippen LogP contribution < -0.4 is 9.84 Å². The van der Waals surface area contributed by atoms with Crippen LogP contribution in [0.15, 0.2) is 18.2 Å². The van der Waals surface area contributed by atoms with E-state index in [-0.39, 0.29) is 17.0 Å². The molecule has 3 rings (SSSR count). The topological polar surface area (TPSA) is 92.5 Å². The zero-order valence-corrected chi connectivity index (χ0v) is 14.4. The smallest absolute Gasteiger partial charge is 0.310 e. The van der Waals surface area contributed by atoms with Crippen molar-refractivity contribution in [2.24, 2.45) is 5.92 Å². The van der Waals surface area contributed by atoms with E-state index in [0.29, 0.717) is 5.92 Å². The molecule has 2 aliphatic carbocycles. The van der Waals surface area contributed by atoms with Crippen molar-refractivity contribution in [3.63, 3.8) is 0 Å². The number of hydrogen-bond donors (Lipinski definition) is 0. The molecular weight excluding hydrogens is 322 g/mol. The van der Waals surface area contributed by atoms with Crippen LogP contribution in [-0.4, -0.2) is 16.5 Å². The quantitative estimate of drug-likeness (QED) is 0.599. The molecule has 6 heteroatoms. The maximum atomic E-state index is 11.4. The Bertz CT molecular complexity index is 645. The van der Waals surface area contributed by atoms with Crippen molar-refractivity contribution in [1.29, 1.82) is 0 Å². The number of hydrogen-bond acceptors (Lipinski definition) is 5. The highest BCUT2D eigenvalue weighted by atomic mass is 16.6. The molecule has 0 aromatic heterocycles. The second kappa shape index (κ2) is 7.42. The molecular formula is C19H24NO5-. The van der Waals surface area contributed by atoms with Gasteiger partial charge in [0.2, 0.25) is 0 Å². The molecule has 25 heavy (non-hydrogen) atoms. The van der Waals surface area contributed by atoms with Crippen LogP contribution in [0.25, 0.3) is 0 Å². The van der Waals surface area contributed by atoms with Crippen molar-refractivity contribution in [3.8, 4) is 5.75 Å². The Labute approximate surface area is 147 Å². The Morgan fingerprint density at radius 3 is 2.32 bits per heavy atom. The molecule has 2 aliphatic rings. The number of benzene rings is 1. The van der Waals surface area contributed by atoms with Gasteiger partial charge < -0.3 is 14.6 Å². The van der Waals surface area contributed by atoms with E-state index in [9.17, 15) is 20.0 Å². The summed E-state index contributed by atoms with van der Waals surface area (Å²) >= 11 is 0. The maximum absolute atomic E-state index is 11.4. The third-order valence-electron chi connectivity index (χ3n) is 5.75. The molecule has 0 heterocycles. The van der Waals surface area contributed by atoms with Gasteiger partial charge in [-0.2, -0.15) is 0 Å². The minimum absolute atomic E-state index is 0.0687. The fourth-order valence-electron chi connectivity index (χ4n) is 4.47. The fourth-order valence-corrected chi connectivity index (χ4v) is 4.47. The zero-order chi connectivity index (χ0) is 17.9. The summed E-state index contributed by atoms with van der Waals surface area (Å²) in [6, 6.07) is 3.67. The number of carboxylic acids is 1. The number of nitrogens with zero attached hydrogens (tertiary/aromatic N) is 1. The van der Waals surface area contributed by atoms with Gasteiger partial charge in [-0.1, -0.05) is 25.7 Å². The van der Waals surface area contributed by atoms with Crippen LogP contribution in [0.1, 0.15) is 74.6 Å². The van der Waals surface area contributed by atoms with Crippen molar-refractivity contribution in [3.05, 3.63) is 33.9 Å². The molecule has 0 aliphatic heterocycles. The molecule has 0 spiro atoms. The first kappa shape index (κ1) is 17.7. The van der Waals surface area contributed by atoms with Gasteiger partial charge in [-0.25, -0.2) is 0 Å². The first-order chi connectivity index (χ1) is 12.0. The summed E-state index contributed by atoms with van der Waals surface area (Å²) < 4.78 is 6.33. The Morgan fingerprint density at radius 2 is 1.72 bits per heavy atom. The number of ether oxygens (including phenoxy) is 1. The molecule has 136 valence electrons. The number of nitro groups is 1. The SMILES string of the molecule is O=C([O-])c1ccc([N+](=O)[O-])c(OC2(C3CCCCC3)CCCCC2)c1. The van der Waals surface area contributed by atoms with Crippen LogP contribution in [0.4, 0.5) is 5.69 Å². The standard InChI is InChI=1S/C19H25NO5/c21-18(22)14-9-10-16(20(23)24)17(13-14)25-19(11-5-2-6-12-19)15-7-3-1-4-8-15/h9-10,13,15H,1-8,11-12H2,(H,21,22)/p-1. The van der Waals surface area contributed by atoms with E-state index in [1.54, 1.807) is 0 Å². The van der Waals surface area contributed by atoms with Gasteiger partial charge in [0.15, 0.2) is 5.75 Å². The van der Waals surface area contributed by atoms with Crippen molar-refractivity contribution >= 4 is 11.7 Å². The average Bonchev–Trinajstić information content (AvgIpc) is 2.63. The van der Waals surface area contributed by atoms with Crippen LogP contribution in [-0.2, 0) is 0 Å². The highest BCUT2D eigenvalue weighted by Crippen LogP contribution is 2.46. The number of carbonyl (C=O) groups is 1. The molecule has 0 N–H and O–H groups in total. The largest absolute Gasteiger partial charge is 0.545 e. The fraction of sp³-hybridized carbons (Fsp3) is 0.632. The average molecular weight is 346 g/mol. The minimum Gasteiger partial charge on any atom is -0.545 e. The van der Waals surface area contributed by atoms with Crippen LogP contribution >= 0.6 is 0 Å². The number of aromatic carboxylic acids is 1. The van der Waals surface area contributed by atoms with Crippen LogP contribution in [0.2, 0.25) is 0 Å². The molecule has 0 saturated heterocycles. The second-order valence-electron chi connectivity index (χ2n) is 7.29. The van der Waals surface area contributed by atoms with Gasteiger partial charge in [0.1, 0.15) is 5.60 Å². The Morgan fingerprint density at radius 1 is 1.08 bits per heavy atom. The van der Waals surface area contributed by atoms with Crippen LogP contribution in [0, 0.1) is 16.0 Å². The minimum atomic E-state index is -1.35. The first-order valence-electron chi connectivity index (χ1n) is 9.21. The van der Waals surface area contributed by atoms with E-state index < -0.39 is 16.5 Å². The number of carboxylic acid groups (broad SMARTS) is 1. The zero-order valence-electron chi connectivity index (χ0n) is 14.4. The van der Waals surface area contributed by atoms with E-state index >= 15 is 0 Å². The van der Waals surface area contributed by atoms with Gasteiger partial charge in [0.25, 0.3) is 0 Å². The van der Waals surface area contributed by atoms with E-state index in [2.05, 4.69) is 0 Å². The van der Waals surface area contributed by atoms with Crippen LogP contribution in [0.5, 0.6) is 5.75 Å². The lowest BCUT2D eigenvalue weighted by Crippen LogP contribution is -2.46. The summed E-state index contributed by atoms with van der Waals surface area (Å²) in [6.45, 7) is 0. The Hall–Kier alpha value is -2.11. The molecule has 1 aromatic rings. The van der Waals surface area contributed by atoms with Crippen LogP contribution in [0.3, 0.4) is 0 Å². The highest BCUT2D eigenvalue weighted by Gasteiger charge is 2.43. The molecule has 6 nitrogen and oxygen atoms in total. The summed E-state index contributed by atoms with van der Waals surface area (Å²) in [4.78, 5) is 22.1. The third kappa shape index (κ3) is 3.78. The van der Waals surface area contributed by atoms with E-state index in [1.165, 1.54) is 24.6 Å². The van der Waals surface area contributed by atoms with Gasteiger partial charge in [-0.3, -0.25) is 10.1 Å². The van der Waals surface area contributed by atoms with E-state index in [4.69, 9.17) is 4.74 Å². The first-order valence-corrected chi connectivity index (χ1v) is 9.21. The molecule has 0 unspecified atom stereocenters. The normalized spacial score (nSPS) is 20.8. The summed E-state index contributed by atoms with van der Waals surface area (Å²) in [5, 5.41) is 22.6. The third-order valence-corrected chi connectivity index (χ3v) is 5.75. The molecule has 0 atom stereocenters. The predicted octanol–water partition coefficient (Wildman–Crippen LogP) is 3.62. The Balaban J connectivity index is 1.96. The molecule has 1 aromatic carbocycles. The lowest BCUT2D eigenvalue weighted by Gasteiger charge is -2.45. The van der Waals surface area contributed by atoms with Gasteiger partial charge in [0.05, 0.1) is 10.9 Å². The summed E-state index contributed by atoms with van der Waals surface area (Å²) in [5.74, 6) is -0.901. The maximum Gasteiger partial charge on any atom is 0.310 e. The van der Waals surface area contributed by atoms with Gasteiger partial charge in [-0.05, 0) is 56.6 Å². The lowest BCUT2D eigenvalue weighted by molar-refractivity contribution is -0.386. The van der Waals surface area contributed by atoms with Crippen molar-refractivity contribution in [2.75, 3.05) is 0 Å². The number of rotatable bonds is 5. The van der Waals surface area contributed by atoms with Gasteiger partial charge >= 0.3 is 5.69 Å². The molecule has 2 fully saturated rings. The molecule has 0 radical (unpaired) electrons. The van der Waals surface area contributed by atoms with E-state index in [1.807, 2.05) is 0 Å². The Kier molecular flexibility index (Phi) is 5.25. The summed E-state index contributed by atoms with van der Waals surface area (Å²) in [7, 11) is 0. The lowest BCUT2D eigenvalue weighted by atomic mass is 9.69. The van der Waals surface area contributed by atoms with Crippen molar-refractivity contribution < 1.29 is 19.6 Å². The number of nitro benzene ring substituents is 1. The number of carbonyl (C=O) groups excluding carboxylic acids is 1. The van der Waals surface area contributed by atoms with Gasteiger partial charge in [0, 0.05) is 11.6 Å². The molecule has 0 bridgehead atoms. The second-order valence-corrected chi connectivity index (χ2v) is 7.29. The van der Waals surface area contributed by atoms with E-state index in [0.717, 1.165) is 57.8 Å².